The van der Waals surface area contributed by atoms with Crippen molar-refractivity contribution in [2.24, 2.45) is 23.5 Å². The Morgan fingerprint density at radius 3 is 2.47 bits per heavy atom. The summed E-state index contributed by atoms with van der Waals surface area (Å²) in [6.45, 7) is 0. The molecule has 2 aliphatic carbocycles. The molecular weight excluding hydrogens is 433 g/mol. The van der Waals surface area contributed by atoms with E-state index in [4.69, 9.17) is 5.73 Å². The molecule has 0 spiro atoms. The lowest BCUT2D eigenvalue weighted by atomic mass is 9.65. The Hall–Kier alpha value is -2.52. The van der Waals surface area contributed by atoms with Gasteiger partial charge in [0.25, 0.3) is 5.91 Å². The van der Waals surface area contributed by atoms with Crippen molar-refractivity contribution in [1.29, 1.82) is 0 Å². The molecule has 2 saturated carbocycles. The van der Waals surface area contributed by atoms with Crippen LogP contribution in [-0.4, -0.2) is 28.0 Å². The number of aromatic amines is 1. The van der Waals surface area contributed by atoms with Crippen LogP contribution in [0.1, 0.15) is 67.0 Å². The normalized spacial score (nSPS) is 28.5. The molecule has 2 aromatic heterocycles. The van der Waals surface area contributed by atoms with Crippen LogP contribution in [0.3, 0.4) is 0 Å². The maximum Gasteiger partial charge on any atom is 0.391 e. The van der Waals surface area contributed by atoms with Gasteiger partial charge in [-0.1, -0.05) is 0 Å². The Morgan fingerprint density at radius 1 is 1.16 bits per heavy atom. The fourth-order valence-electron chi connectivity index (χ4n) is 5.54. The molecule has 32 heavy (non-hydrogen) atoms. The second-order valence-corrected chi connectivity index (χ2v) is 9.06. The first-order valence-corrected chi connectivity index (χ1v) is 10.7. The maximum atomic E-state index is 14.4. The molecule has 2 aliphatic rings. The Morgan fingerprint density at radius 2 is 1.84 bits per heavy atom. The highest BCUT2D eigenvalue weighted by Gasteiger charge is 2.48. The van der Waals surface area contributed by atoms with Gasteiger partial charge in [-0.3, -0.25) is 14.6 Å². The molecule has 3 N–H and O–H groups in total. The molecule has 0 aromatic carbocycles. The lowest BCUT2D eigenvalue weighted by Crippen LogP contribution is -2.38. The number of fused-ring (bicyclic) bond motifs is 1. The van der Waals surface area contributed by atoms with E-state index >= 15 is 0 Å². The molecule has 2 fully saturated rings. The highest BCUT2D eigenvalue weighted by atomic mass is 19.4. The van der Waals surface area contributed by atoms with Gasteiger partial charge in [-0.15, -0.1) is 0 Å². The van der Waals surface area contributed by atoms with Crippen LogP contribution in [0, 0.1) is 17.8 Å². The summed E-state index contributed by atoms with van der Waals surface area (Å²) in [5.74, 6) is -6.22. The summed E-state index contributed by atoms with van der Waals surface area (Å²) in [5, 5.41) is -0.00597. The number of nitrogens with two attached hydrogens (primary N) is 1. The van der Waals surface area contributed by atoms with Crippen molar-refractivity contribution < 1.29 is 26.7 Å². The van der Waals surface area contributed by atoms with Gasteiger partial charge in [-0.25, -0.2) is 8.78 Å². The number of aromatic nitrogens is 2. The van der Waals surface area contributed by atoms with E-state index in [0.717, 1.165) is 0 Å². The molecule has 10 heteroatoms. The Balaban J connectivity index is 1.68. The van der Waals surface area contributed by atoms with Crippen molar-refractivity contribution in [1.82, 2.24) is 9.97 Å². The fourth-order valence-corrected chi connectivity index (χ4v) is 5.54. The summed E-state index contributed by atoms with van der Waals surface area (Å²) in [6, 6.07) is 2.67. The number of hydrogen-bond acceptors (Lipinski definition) is 3. The zero-order valence-corrected chi connectivity index (χ0v) is 17.2. The zero-order valence-electron chi connectivity index (χ0n) is 17.2. The molecule has 2 aromatic rings. The van der Waals surface area contributed by atoms with Gasteiger partial charge in [0.05, 0.1) is 16.8 Å². The smallest absolute Gasteiger partial charge is 0.364 e. The molecule has 174 valence electrons. The van der Waals surface area contributed by atoms with Crippen molar-refractivity contribution in [2.75, 3.05) is 0 Å². The van der Waals surface area contributed by atoms with Crippen molar-refractivity contribution in [3.8, 4) is 0 Å². The van der Waals surface area contributed by atoms with Crippen LogP contribution < -0.4 is 11.2 Å². The van der Waals surface area contributed by atoms with E-state index in [1.165, 1.54) is 18.3 Å². The van der Waals surface area contributed by atoms with E-state index in [2.05, 4.69) is 9.97 Å². The van der Waals surface area contributed by atoms with E-state index in [9.17, 15) is 31.5 Å². The maximum absolute atomic E-state index is 14.4. The van der Waals surface area contributed by atoms with Crippen LogP contribution in [0.4, 0.5) is 22.0 Å². The number of halogens is 5. The minimum absolute atomic E-state index is 0.00430. The number of primary amides is 1. The monoisotopic (exact) mass is 457 g/mol. The summed E-state index contributed by atoms with van der Waals surface area (Å²) in [6.07, 6.45) is -2.91. The highest BCUT2D eigenvalue weighted by molar-refractivity contribution is 6.03. The minimum atomic E-state index is -4.24. The third kappa shape index (κ3) is 4.36. The first kappa shape index (κ1) is 22.7. The highest BCUT2D eigenvalue weighted by Crippen LogP contribution is 2.52. The van der Waals surface area contributed by atoms with Gasteiger partial charge in [0.2, 0.25) is 5.92 Å². The first-order valence-electron chi connectivity index (χ1n) is 10.7. The third-order valence-corrected chi connectivity index (χ3v) is 7.11. The number of nitrogens with zero attached hydrogens (tertiary/aromatic N) is 1. The number of amides is 1. The van der Waals surface area contributed by atoms with Crippen molar-refractivity contribution >= 4 is 16.8 Å². The van der Waals surface area contributed by atoms with Crippen molar-refractivity contribution in [2.45, 2.75) is 63.0 Å². The average molecular weight is 457 g/mol. The third-order valence-electron chi connectivity index (χ3n) is 7.11. The standard InChI is InChI=1S/C22H24F5N3O2/c23-21(24)7-5-13(11-1-3-12(4-2-11)22(25,26)27)14(10-21)16-9-17(31)18-15(30-16)6-8-29-19(18)20(28)32/h6,8-9,11-14H,1-5,7,10H2,(H2,28,32)(H,30,31)/t11?,12?,13-,14+/m1/s1. The van der Waals surface area contributed by atoms with E-state index in [0.29, 0.717) is 18.5 Å². The quantitative estimate of drug-likeness (QED) is 0.642. The van der Waals surface area contributed by atoms with Crippen LogP contribution in [0.15, 0.2) is 23.1 Å². The molecule has 4 rings (SSSR count). The average Bonchev–Trinajstić information content (AvgIpc) is 2.72. The number of H-pyrrole nitrogens is 1. The number of rotatable bonds is 3. The number of alkyl halides is 5. The molecule has 0 bridgehead atoms. The van der Waals surface area contributed by atoms with Crippen LogP contribution in [0.2, 0.25) is 0 Å². The van der Waals surface area contributed by atoms with E-state index < -0.39 is 41.7 Å². The van der Waals surface area contributed by atoms with Crippen LogP contribution in [0.25, 0.3) is 10.9 Å². The van der Waals surface area contributed by atoms with Gasteiger partial charge in [0, 0.05) is 36.7 Å². The summed E-state index contributed by atoms with van der Waals surface area (Å²) in [7, 11) is 0. The molecular formula is C22H24F5N3O2. The molecule has 5 nitrogen and oxygen atoms in total. The minimum Gasteiger partial charge on any atom is -0.364 e. The summed E-state index contributed by atoms with van der Waals surface area (Å²) in [5.41, 5.74) is 5.12. The summed E-state index contributed by atoms with van der Waals surface area (Å²) < 4.78 is 67.9. The molecule has 0 saturated heterocycles. The fraction of sp³-hybridized carbons (Fsp3) is 0.591. The zero-order chi connectivity index (χ0) is 23.3. The van der Waals surface area contributed by atoms with Gasteiger partial charge in [0.15, 0.2) is 5.43 Å². The lowest BCUT2D eigenvalue weighted by Gasteiger charge is -2.43. The van der Waals surface area contributed by atoms with E-state index in [1.54, 1.807) is 0 Å². The second kappa shape index (κ2) is 8.12. The second-order valence-electron chi connectivity index (χ2n) is 9.06. The molecule has 0 unspecified atom stereocenters. The molecule has 2 heterocycles. The molecule has 1 amide bonds. The predicted molar refractivity (Wildman–Crippen MR) is 107 cm³/mol. The van der Waals surface area contributed by atoms with Gasteiger partial charge in [-0.05, 0) is 50.0 Å². The molecule has 0 radical (unpaired) electrons. The topological polar surface area (TPSA) is 88.8 Å². The van der Waals surface area contributed by atoms with Crippen LogP contribution in [-0.2, 0) is 0 Å². The van der Waals surface area contributed by atoms with Crippen LogP contribution in [0.5, 0.6) is 0 Å². The molecule has 2 atom stereocenters. The van der Waals surface area contributed by atoms with E-state index in [-0.39, 0.29) is 54.1 Å². The first-order chi connectivity index (χ1) is 15.0. The SMILES string of the molecule is NC(=O)c1nccc2[nH]c([C@H]3CC(F)(F)CC[C@@H]3C3CCC(C(F)(F)F)CC3)cc(=O)c12. The number of nitrogens with one attached hydrogen (secondary N) is 1. The summed E-state index contributed by atoms with van der Waals surface area (Å²) in [4.78, 5) is 31.3. The number of pyridine rings is 2. The van der Waals surface area contributed by atoms with Crippen molar-refractivity contribution in [3.05, 3.63) is 39.9 Å². The van der Waals surface area contributed by atoms with Gasteiger partial charge in [0.1, 0.15) is 5.69 Å². The van der Waals surface area contributed by atoms with Gasteiger partial charge in [-0.2, -0.15) is 13.2 Å². The Bertz CT molecular complexity index is 1070. The molecule has 0 aliphatic heterocycles. The Labute approximate surface area is 180 Å². The summed E-state index contributed by atoms with van der Waals surface area (Å²) >= 11 is 0. The van der Waals surface area contributed by atoms with Gasteiger partial charge >= 0.3 is 6.18 Å². The largest absolute Gasteiger partial charge is 0.391 e. The Kier molecular flexibility index (Phi) is 5.75. The number of carbonyl (C=O) groups is 1. The van der Waals surface area contributed by atoms with Gasteiger partial charge < -0.3 is 10.7 Å². The van der Waals surface area contributed by atoms with Crippen LogP contribution >= 0.6 is 0 Å². The number of hydrogen-bond donors (Lipinski definition) is 2. The lowest BCUT2D eigenvalue weighted by molar-refractivity contribution is -0.185. The number of carbonyl (C=O) groups excluding carboxylic acids is 1. The van der Waals surface area contributed by atoms with Crippen molar-refractivity contribution in [3.63, 3.8) is 0 Å². The predicted octanol–water partition coefficient (Wildman–Crippen LogP) is 4.91. The van der Waals surface area contributed by atoms with E-state index in [1.807, 2.05) is 0 Å².